The highest BCUT2D eigenvalue weighted by Crippen LogP contribution is 2.25. The number of rotatable bonds is 6. The van der Waals surface area contributed by atoms with Crippen molar-refractivity contribution in [2.45, 2.75) is 45.1 Å². The van der Waals surface area contributed by atoms with Crippen LogP contribution in [0.1, 0.15) is 49.4 Å². The zero-order valence-corrected chi connectivity index (χ0v) is 14.8. The van der Waals surface area contributed by atoms with Gasteiger partial charge in [-0.1, -0.05) is 30.9 Å². The first-order valence-corrected chi connectivity index (χ1v) is 8.69. The third kappa shape index (κ3) is 5.42. The van der Waals surface area contributed by atoms with Crippen LogP contribution >= 0.6 is 11.6 Å². The number of nitro benzene ring substituents is 1. The summed E-state index contributed by atoms with van der Waals surface area (Å²) in [6, 6.07) is 3.62. The van der Waals surface area contributed by atoms with Gasteiger partial charge in [0.05, 0.1) is 10.5 Å². The summed E-state index contributed by atoms with van der Waals surface area (Å²) in [5.74, 6) is -0.706. The molecule has 0 unspecified atom stereocenters. The van der Waals surface area contributed by atoms with E-state index in [1.807, 2.05) is 0 Å². The van der Waals surface area contributed by atoms with Crippen LogP contribution < -0.4 is 5.32 Å². The van der Waals surface area contributed by atoms with Crippen molar-refractivity contribution in [1.29, 1.82) is 0 Å². The number of nitro groups is 1. The number of esters is 1. The SMILES string of the molecule is C[C@@H](OC(=O)c1ccc(Cl)c([N+](=O)[O-])c1)C(=O)NCC1CCCCC1. The number of nitrogens with zero attached hydrogens (tertiary/aromatic N) is 1. The summed E-state index contributed by atoms with van der Waals surface area (Å²) >= 11 is 5.71. The van der Waals surface area contributed by atoms with E-state index in [1.165, 1.54) is 38.3 Å². The Balaban J connectivity index is 1.89. The molecule has 1 aromatic carbocycles. The van der Waals surface area contributed by atoms with E-state index >= 15 is 0 Å². The minimum absolute atomic E-state index is 0.0250. The van der Waals surface area contributed by atoms with Crippen LogP contribution in [0.15, 0.2) is 18.2 Å². The quantitative estimate of drug-likeness (QED) is 0.470. The molecule has 1 saturated carbocycles. The third-order valence-electron chi connectivity index (χ3n) is 4.32. The maximum absolute atomic E-state index is 12.1. The Hall–Kier alpha value is -2.15. The minimum Gasteiger partial charge on any atom is -0.449 e. The lowest BCUT2D eigenvalue weighted by molar-refractivity contribution is -0.384. The Kier molecular flexibility index (Phi) is 6.75. The highest BCUT2D eigenvalue weighted by Gasteiger charge is 2.23. The molecule has 1 aromatic rings. The van der Waals surface area contributed by atoms with Crippen LogP contribution in [0.4, 0.5) is 5.69 Å². The summed E-state index contributed by atoms with van der Waals surface area (Å²) in [7, 11) is 0. The van der Waals surface area contributed by atoms with Crippen LogP contribution in [0.25, 0.3) is 0 Å². The lowest BCUT2D eigenvalue weighted by Gasteiger charge is -2.22. The highest BCUT2D eigenvalue weighted by molar-refractivity contribution is 6.32. The Morgan fingerprint density at radius 3 is 2.68 bits per heavy atom. The summed E-state index contributed by atoms with van der Waals surface area (Å²) in [4.78, 5) is 34.3. The molecule has 0 radical (unpaired) electrons. The second-order valence-corrected chi connectivity index (χ2v) is 6.63. The number of halogens is 1. The van der Waals surface area contributed by atoms with Gasteiger partial charge in [-0.2, -0.15) is 0 Å². The van der Waals surface area contributed by atoms with Gasteiger partial charge < -0.3 is 10.1 Å². The molecule has 1 fully saturated rings. The van der Waals surface area contributed by atoms with Gasteiger partial charge in [-0.15, -0.1) is 0 Å². The number of carbonyl (C=O) groups is 2. The van der Waals surface area contributed by atoms with Crippen molar-refractivity contribution >= 4 is 29.2 Å². The van der Waals surface area contributed by atoms with Crippen molar-refractivity contribution in [2.75, 3.05) is 6.54 Å². The number of ether oxygens (including phenoxy) is 1. The van der Waals surface area contributed by atoms with Crippen LogP contribution in [-0.2, 0) is 9.53 Å². The van der Waals surface area contributed by atoms with Crippen molar-refractivity contribution in [3.8, 4) is 0 Å². The smallest absolute Gasteiger partial charge is 0.339 e. The summed E-state index contributed by atoms with van der Waals surface area (Å²) in [6.45, 7) is 2.05. The molecule has 7 nitrogen and oxygen atoms in total. The van der Waals surface area contributed by atoms with E-state index in [0.717, 1.165) is 18.9 Å². The van der Waals surface area contributed by atoms with Gasteiger partial charge in [-0.05, 0) is 37.8 Å². The summed E-state index contributed by atoms with van der Waals surface area (Å²) < 4.78 is 5.10. The fraction of sp³-hybridized carbons (Fsp3) is 0.529. The normalized spacial score (nSPS) is 16.1. The van der Waals surface area contributed by atoms with Crippen LogP contribution in [0, 0.1) is 16.0 Å². The topological polar surface area (TPSA) is 98.5 Å². The van der Waals surface area contributed by atoms with Crippen LogP contribution in [0.3, 0.4) is 0 Å². The molecule has 1 amide bonds. The maximum atomic E-state index is 12.1. The first-order chi connectivity index (χ1) is 11.9. The number of carbonyl (C=O) groups excluding carboxylic acids is 2. The van der Waals surface area contributed by atoms with Crippen molar-refractivity contribution < 1.29 is 19.2 Å². The summed E-state index contributed by atoms with van der Waals surface area (Å²) in [5.41, 5.74) is -0.409. The first-order valence-electron chi connectivity index (χ1n) is 8.31. The van der Waals surface area contributed by atoms with E-state index in [9.17, 15) is 19.7 Å². The van der Waals surface area contributed by atoms with Gasteiger partial charge in [0.15, 0.2) is 6.10 Å². The molecule has 0 saturated heterocycles. The van der Waals surface area contributed by atoms with Gasteiger partial charge in [0.25, 0.3) is 11.6 Å². The van der Waals surface area contributed by atoms with Crippen molar-refractivity contribution in [3.63, 3.8) is 0 Å². The molecular formula is C17H21ClN2O5. The highest BCUT2D eigenvalue weighted by atomic mass is 35.5. The average Bonchev–Trinajstić information content (AvgIpc) is 2.60. The predicted octanol–water partition coefficient (Wildman–Crippen LogP) is 3.49. The Labute approximate surface area is 150 Å². The van der Waals surface area contributed by atoms with Crippen molar-refractivity contribution in [1.82, 2.24) is 5.32 Å². The molecule has 1 N–H and O–H groups in total. The zero-order chi connectivity index (χ0) is 18.4. The Bertz CT molecular complexity index is 658. The largest absolute Gasteiger partial charge is 0.449 e. The summed E-state index contributed by atoms with van der Waals surface area (Å²) in [6.07, 6.45) is 4.82. The Morgan fingerprint density at radius 1 is 1.36 bits per heavy atom. The number of hydrogen-bond donors (Lipinski definition) is 1. The fourth-order valence-corrected chi connectivity index (χ4v) is 3.03. The van der Waals surface area contributed by atoms with E-state index in [-0.39, 0.29) is 22.2 Å². The fourth-order valence-electron chi connectivity index (χ4n) is 2.84. The van der Waals surface area contributed by atoms with E-state index in [2.05, 4.69) is 5.32 Å². The molecule has 0 heterocycles. The van der Waals surface area contributed by atoms with Crippen LogP contribution in [-0.4, -0.2) is 29.4 Å². The molecule has 2 rings (SSSR count). The number of amides is 1. The first kappa shape index (κ1) is 19.2. The zero-order valence-electron chi connectivity index (χ0n) is 14.0. The van der Waals surface area contributed by atoms with Gasteiger partial charge >= 0.3 is 5.97 Å². The lowest BCUT2D eigenvalue weighted by atomic mass is 9.89. The van der Waals surface area contributed by atoms with Gasteiger partial charge in [-0.3, -0.25) is 14.9 Å². The van der Waals surface area contributed by atoms with E-state index in [1.54, 1.807) is 0 Å². The Morgan fingerprint density at radius 2 is 2.04 bits per heavy atom. The second kappa shape index (κ2) is 8.80. The average molecular weight is 369 g/mol. The van der Waals surface area contributed by atoms with Crippen molar-refractivity contribution in [2.24, 2.45) is 5.92 Å². The molecule has 8 heteroatoms. The molecule has 1 atom stereocenters. The van der Waals surface area contributed by atoms with Gasteiger partial charge in [0.2, 0.25) is 0 Å². The molecule has 0 bridgehead atoms. The molecule has 1 aliphatic carbocycles. The molecule has 1 aliphatic rings. The van der Waals surface area contributed by atoms with Gasteiger partial charge in [0.1, 0.15) is 5.02 Å². The van der Waals surface area contributed by atoms with Gasteiger partial charge in [0, 0.05) is 12.6 Å². The van der Waals surface area contributed by atoms with E-state index in [0.29, 0.717) is 12.5 Å². The molecule has 0 spiro atoms. The third-order valence-corrected chi connectivity index (χ3v) is 4.64. The molecule has 136 valence electrons. The summed E-state index contributed by atoms with van der Waals surface area (Å²) in [5, 5.41) is 13.6. The molecule has 0 aliphatic heterocycles. The molecule has 0 aromatic heterocycles. The van der Waals surface area contributed by atoms with Gasteiger partial charge in [-0.25, -0.2) is 4.79 Å². The predicted molar refractivity (Wildman–Crippen MR) is 92.6 cm³/mol. The molecular weight excluding hydrogens is 348 g/mol. The number of hydrogen-bond acceptors (Lipinski definition) is 5. The standard InChI is InChI=1S/C17H21ClN2O5/c1-11(16(21)19-10-12-5-3-2-4-6-12)25-17(22)13-7-8-14(18)15(9-13)20(23)24/h7-9,11-12H,2-6,10H2,1H3,(H,19,21)/t11-/m1/s1. The minimum atomic E-state index is -0.981. The van der Waals surface area contributed by atoms with E-state index < -0.39 is 17.0 Å². The van der Waals surface area contributed by atoms with Crippen LogP contribution in [0.2, 0.25) is 5.02 Å². The maximum Gasteiger partial charge on any atom is 0.339 e. The second-order valence-electron chi connectivity index (χ2n) is 6.22. The lowest BCUT2D eigenvalue weighted by Crippen LogP contribution is -2.38. The van der Waals surface area contributed by atoms with E-state index in [4.69, 9.17) is 16.3 Å². The number of nitrogens with one attached hydrogen (secondary N) is 1. The van der Waals surface area contributed by atoms with Crippen molar-refractivity contribution in [3.05, 3.63) is 38.9 Å². The van der Waals surface area contributed by atoms with Crippen LogP contribution in [0.5, 0.6) is 0 Å². The monoisotopic (exact) mass is 368 g/mol. The number of benzene rings is 1. The molecule has 25 heavy (non-hydrogen) atoms.